The van der Waals surface area contributed by atoms with Crippen LogP contribution in [0.5, 0.6) is 0 Å². The molecule has 0 amide bonds. The number of para-hydroxylation sites is 2. The van der Waals surface area contributed by atoms with E-state index in [1.165, 1.54) is 85.5 Å². The number of fused-ring (bicyclic) bond motifs is 10. The van der Waals surface area contributed by atoms with Crippen LogP contribution in [0.4, 0.5) is 34.1 Å². The lowest BCUT2D eigenvalue weighted by Crippen LogP contribution is -2.10. The van der Waals surface area contributed by atoms with E-state index in [0.29, 0.717) is 0 Å². The van der Waals surface area contributed by atoms with E-state index in [0.717, 1.165) is 34.1 Å². The summed E-state index contributed by atoms with van der Waals surface area (Å²) < 4.78 is 2.64. The number of hydrogen-bond acceptors (Lipinski definition) is 3. The van der Waals surface area contributed by atoms with E-state index in [4.69, 9.17) is 0 Å². The second-order valence-corrected chi connectivity index (χ2v) is 18.3. The maximum Gasteiger partial charge on any atom is 0.0540 e. The monoisotopic (exact) mass is 870 g/mol. The van der Waals surface area contributed by atoms with Crippen molar-refractivity contribution in [2.45, 2.75) is 0 Å². The summed E-state index contributed by atoms with van der Waals surface area (Å²) in [6.07, 6.45) is 0. The van der Waals surface area contributed by atoms with Crippen LogP contribution >= 0.6 is 11.3 Å². The Labute approximate surface area is 393 Å². The molecule has 0 saturated heterocycles. The van der Waals surface area contributed by atoms with E-state index in [2.05, 4.69) is 265 Å². The number of nitrogens with zero attached hydrogens (tertiary/aromatic N) is 2. The minimum atomic E-state index is 1.09. The van der Waals surface area contributed by atoms with Crippen molar-refractivity contribution in [3.05, 3.63) is 255 Å². The Morgan fingerprint density at radius 1 is 0.239 bits per heavy atom. The highest BCUT2D eigenvalue weighted by atomic mass is 32.1. The molecular weight excluding hydrogens is 829 g/mol. The molecule has 3 heteroatoms. The summed E-state index contributed by atoms with van der Waals surface area (Å²) >= 11 is 1.88. The number of benzene rings is 12. The normalized spacial score (nSPS) is 11.6. The summed E-state index contributed by atoms with van der Waals surface area (Å²) in [6.45, 7) is 0. The molecule has 0 spiro atoms. The molecule has 314 valence electrons. The van der Waals surface area contributed by atoms with E-state index >= 15 is 0 Å². The fourth-order valence-corrected chi connectivity index (χ4v) is 11.6. The van der Waals surface area contributed by atoms with Crippen molar-refractivity contribution in [3.8, 4) is 22.3 Å². The average Bonchev–Trinajstić information content (AvgIpc) is 3.79. The van der Waals surface area contributed by atoms with Gasteiger partial charge in [0.15, 0.2) is 0 Å². The van der Waals surface area contributed by atoms with Gasteiger partial charge in [-0.05, 0) is 133 Å². The van der Waals surface area contributed by atoms with Gasteiger partial charge in [0.25, 0.3) is 0 Å². The highest BCUT2D eigenvalue weighted by Gasteiger charge is 2.20. The molecule has 13 aromatic rings. The molecule has 0 fully saturated rings. The smallest absolute Gasteiger partial charge is 0.0540 e. The van der Waals surface area contributed by atoms with Gasteiger partial charge in [-0.25, -0.2) is 0 Å². The Bertz CT molecular complexity index is 3890. The van der Waals surface area contributed by atoms with Gasteiger partial charge in [-0.1, -0.05) is 182 Å². The molecule has 1 heterocycles. The molecule has 0 radical (unpaired) electrons. The standard InChI is InChI=1S/C64H42N2S/c1-3-16-45(17-4-1)66(46-18-5-2-6-19-46)62-41-40-50(52-20-11-12-25-58(52)62)43-30-34-47(35-31-43)65(49-38-39-57-55-23-8-7-21-53(55)54-22-9-10-24-56(54)61(57)42-49)48-36-32-44(33-37-48)51-27-15-28-60-59-26-13-14-29-63(59)67-64(51)60/h1-42H. The molecule has 12 aromatic carbocycles. The summed E-state index contributed by atoms with van der Waals surface area (Å²) in [6, 6.07) is 93.1. The van der Waals surface area contributed by atoms with Gasteiger partial charge in [0, 0.05) is 54.0 Å². The molecule has 0 aliphatic heterocycles. The van der Waals surface area contributed by atoms with Gasteiger partial charge in [0.05, 0.1) is 5.69 Å². The Morgan fingerprint density at radius 2 is 0.687 bits per heavy atom. The molecule has 0 aliphatic carbocycles. The number of rotatable bonds is 8. The third kappa shape index (κ3) is 6.63. The number of hydrogen-bond donors (Lipinski definition) is 0. The van der Waals surface area contributed by atoms with Crippen LogP contribution in [-0.4, -0.2) is 0 Å². The van der Waals surface area contributed by atoms with E-state index in [1.807, 2.05) is 11.3 Å². The zero-order valence-corrected chi connectivity index (χ0v) is 37.4. The Morgan fingerprint density at radius 3 is 1.30 bits per heavy atom. The predicted octanol–water partition coefficient (Wildman–Crippen LogP) is 18.9. The minimum Gasteiger partial charge on any atom is -0.310 e. The van der Waals surface area contributed by atoms with E-state index in [-0.39, 0.29) is 0 Å². The zero-order valence-electron chi connectivity index (χ0n) is 36.6. The van der Waals surface area contributed by atoms with Gasteiger partial charge in [-0.2, -0.15) is 0 Å². The van der Waals surface area contributed by atoms with Gasteiger partial charge in [-0.15, -0.1) is 11.3 Å². The highest BCUT2D eigenvalue weighted by molar-refractivity contribution is 7.26. The Hall–Kier alpha value is -8.50. The first-order valence-electron chi connectivity index (χ1n) is 22.9. The number of thiophene rings is 1. The lowest BCUT2D eigenvalue weighted by atomic mass is 9.94. The quantitative estimate of drug-likeness (QED) is 0.140. The first-order chi connectivity index (χ1) is 33.2. The second kappa shape index (κ2) is 16.2. The molecule has 0 aliphatic rings. The maximum absolute atomic E-state index is 2.41. The summed E-state index contributed by atoms with van der Waals surface area (Å²) in [5.74, 6) is 0. The first-order valence-corrected chi connectivity index (χ1v) is 23.7. The van der Waals surface area contributed by atoms with Crippen LogP contribution in [0, 0.1) is 0 Å². The van der Waals surface area contributed by atoms with Crippen molar-refractivity contribution in [2.24, 2.45) is 0 Å². The highest BCUT2D eigenvalue weighted by Crippen LogP contribution is 2.46. The van der Waals surface area contributed by atoms with Crippen LogP contribution in [0.2, 0.25) is 0 Å². The molecule has 13 rings (SSSR count). The van der Waals surface area contributed by atoms with Crippen molar-refractivity contribution < 1.29 is 0 Å². The van der Waals surface area contributed by atoms with Crippen molar-refractivity contribution >= 4 is 109 Å². The average molecular weight is 871 g/mol. The van der Waals surface area contributed by atoms with Gasteiger partial charge < -0.3 is 9.80 Å². The number of anilines is 6. The van der Waals surface area contributed by atoms with Gasteiger partial charge in [0.2, 0.25) is 0 Å². The summed E-state index contributed by atoms with van der Waals surface area (Å²) in [4.78, 5) is 4.77. The molecular formula is C64H42N2S. The summed E-state index contributed by atoms with van der Waals surface area (Å²) in [5, 5.41) is 12.6. The van der Waals surface area contributed by atoms with Crippen LogP contribution in [0.1, 0.15) is 0 Å². The van der Waals surface area contributed by atoms with E-state index < -0.39 is 0 Å². The van der Waals surface area contributed by atoms with Crippen LogP contribution < -0.4 is 9.80 Å². The van der Waals surface area contributed by atoms with Crippen LogP contribution in [-0.2, 0) is 0 Å². The van der Waals surface area contributed by atoms with Crippen LogP contribution in [0.3, 0.4) is 0 Å². The second-order valence-electron chi connectivity index (χ2n) is 17.2. The fourth-order valence-electron chi connectivity index (χ4n) is 10.3. The van der Waals surface area contributed by atoms with E-state index in [1.54, 1.807) is 0 Å². The Kier molecular flexibility index (Phi) is 9.40. The predicted molar refractivity (Wildman–Crippen MR) is 290 cm³/mol. The largest absolute Gasteiger partial charge is 0.310 e. The SMILES string of the molecule is c1ccc(N(c2ccccc2)c2ccc(-c3ccc(N(c4ccc(-c5cccc6c5sc5ccccc56)cc4)c4ccc5c6ccccc6c6ccccc6c5c4)cc3)c3ccccc23)cc1. The lowest BCUT2D eigenvalue weighted by Gasteiger charge is -2.28. The fraction of sp³-hybridized carbons (Fsp3) is 0. The lowest BCUT2D eigenvalue weighted by molar-refractivity contribution is 1.29. The Balaban J connectivity index is 0.945. The molecule has 0 saturated carbocycles. The van der Waals surface area contributed by atoms with Gasteiger partial charge in [0.1, 0.15) is 0 Å². The maximum atomic E-state index is 2.41. The van der Waals surface area contributed by atoms with Crippen molar-refractivity contribution in [1.29, 1.82) is 0 Å². The van der Waals surface area contributed by atoms with Crippen LogP contribution in [0.15, 0.2) is 255 Å². The summed E-state index contributed by atoms with van der Waals surface area (Å²) in [5.41, 5.74) is 11.5. The summed E-state index contributed by atoms with van der Waals surface area (Å²) in [7, 11) is 0. The third-order valence-electron chi connectivity index (χ3n) is 13.4. The molecule has 67 heavy (non-hydrogen) atoms. The topological polar surface area (TPSA) is 6.48 Å². The van der Waals surface area contributed by atoms with Crippen molar-refractivity contribution in [3.63, 3.8) is 0 Å². The minimum absolute atomic E-state index is 1.09. The van der Waals surface area contributed by atoms with Crippen molar-refractivity contribution in [2.75, 3.05) is 9.80 Å². The molecule has 0 N–H and O–H groups in total. The van der Waals surface area contributed by atoms with Crippen LogP contribution in [0.25, 0.3) is 85.5 Å². The third-order valence-corrected chi connectivity index (χ3v) is 14.7. The molecule has 0 atom stereocenters. The van der Waals surface area contributed by atoms with Crippen molar-refractivity contribution in [1.82, 2.24) is 0 Å². The first kappa shape index (κ1) is 38.9. The van der Waals surface area contributed by atoms with Gasteiger partial charge in [-0.3, -0.25) is 0 Å². The zero-order chi connectivity index (χ0) is 44.3. The molecule has 0 unspecified atom stereocenters. The van der Waals surface area contributed by atoms with Gasteiger partial charge >= 0.3 is 0 Å². The molecule has 2 nitrogen and oxygen atoms in total. The van der Waals surface area contributed by atoms with E-state index in [9.17, 15) is 0 Å². The molecule has 1 aromatic heterocycles. The molecule has 0 bridgehead atoms.